The van der Waals surface area contributed by atoms with Gasteiger partial charge in [-0.05, 0) is 68.9 Å². The Hall–Kier alpha value is -2.80. The largest absolute Gasteiger partial charge is 0.391 e. The number of anilines is 1. The normalized spacial score (nSPS) is 26.1. The van der Waals surface area contributed by atoms with Gasteiger partial charge in [-0.1, -0.05) is 0 Å². The van der Waals surface area contributed by atoms with Crippen molar-refractivity contribution >= 4 is 21.6 Å². The quantitative estimate of drug-likeness (QED) is 0.539. The smallest absolute Gasteiger partial charge is 0.363 e. The summed E-state index contributed by atoms with van der Waals surface area (Å²) in [4.78, 5) is 18.6. The number of fused-ring (bicyclic) bond motifs is 2. The van der Waals surface area contributed by atoms with Crippen molar-refractivity contribution in [2.24, 2.45) is 5.92 Å². The van der Waals surface area contributed by atoms with Crippen LogP contribution in [0.3, 0.4) is 0 Å². The third-order valence-electron chi connectivity index (χ3n) is 7.74. The van der Waals surface area contributed by atoms with E-state index >= 15 is 0 Å². The van der Waals surface area contributed by atoms with Gasteiger partial charge in [0, 0.05) is 18.6 Å². The lowest BCUT2D eigenvalue weighted by Crippen LogP contribution is -2.47. The molecule has 3 atom stereocenters. The Balaban J connectivity index is 1.27. The van der Waals surface area contributed by atoms with Crippen molar-refractivity contribution in [1.82, 2.24) is 14.6 Å². The van der Waals surface area contributed by atoms with Crippen LogP contribution in [0.5, 0.6) is 0 Å². The second kappa shape index (κ2) is 10.1. The molecule has 0 saturated carbocycles. The van der Waals surface area contributed by atoms with E-state index in [1.54, 1.807) is 4.90 Å². The number of piperidine rings is 1. The molecular formula is C25H27F5N4O3S. The number of hydrogen-bond donors (Lipinski definition) is 1. The van der Waals surface area contributed by atoms with Crippen molar-refractivity contribution in [3.63, 3.8) is 0 Å². The molecule has 2 aromatic rings. The van der Waals surface area contributed by atoms with Gasteiger partial charge in [0.25, 0.3) is 0 Å². The topological polar surface area (TPSA) is 82.6 Å². The zero-order valence-electron chi connectivity index (χ0n) is 20.3. The van der Waals surface area contributed by atoms with Crippen molar-refractivity contribution in [2.75, 3.05) is 11.4 Å². The van der Waals surface area contributed by atoms with Crippen LogP contribution in [0.4, 0.5) is 27.6 Å². The van der Waals surface area contributed by atoms with Gasteiger partial charge in [0.15, 0.2) is 5.82 Å². The number of rotatable bonds is 6. The number of hydrogen-bond acceptors (Lipinski definition) is 5. The van der Waals surface area contributed by atoms with E-state index in [1.165, 1.54) is 6.07 Å². The summed E-state index contributed by atoms with van der Waals surface area (Å²) in [5, 5.41) is 2.66. The van der Waals surface area contributed by atoms with Gasteiger partial charge in [0.2, 0.25) is 15.9 Å². The Morgan fingerprint density at radius 2 is 1.71 bits per heavy atom. The number of alkyl halides is 3. The Bertz CT molecular complexity index is 1290. The van der Waals surface area contributed by atoms with Crippen molar-refractivity contribution in [2.45, 2.75) is 74.3 Å². The summed E-state index contributed by atoms with van der Waals surface area (Å²) in [6.07, 6.45) is -1.61. The molecule has 0 radical (unpaired) electrons. The number of carbonyl (C=O) groups is 1. The summed E-state index contributed by atoms with van der Waals surface area (Å²) < 4.78 is 95.1. The summed E-state index contributed by atoms with van der Waals surface area (Å²) >= 11 is 0. The van der Waals surface area contributed by atoms with Crippen molar-refractivity contribution in [3.05, 3.63) is 53.9 Å². The lowest BCUT2D eigenvalue weighted by Gasteiger charge is -2.41. The van der Waals surface area contributed by atoms with Crippen LogP contribution in [0.1, 0.15) is 44.2 Å². The van der Waals surface area contributed by atoms with Crippen LogP contribution in [0.2, 0.25) is 0 Å². The predicted octanol–water partition coefficient (Wildman–Crippen LogP) is 4.14. The minimum Gasteiger partial charge on any atom is -0.363 e. The third kappa shape index (κ3) is 5.09. The minimum absolute atomic E-state index is 0.0894. The second-order valence-electron chi connectivity index (χ2n) is 10.1. The Morgan fingerprint density at radius 3 is 2.34 bits per heavy atom. The number of halogens is 5. The van der Waals surface area contributed by atoms with Gasteiger partial charge < -0.3 is 10.2 Å². The van der Waals surface area contributed by atoms with E-state index in [2.05, 4.69) is 10.3 Å². The summed E-state index contributed by atoms with van der Waals surface area (Å²) in [5.41, 5.74) is 0.469. The summed E-state index contributed by atoms with van der Waals surface area (Å²) in [5.74, 6) is -3.18. The van der Waals surface area contributed by atoms with E-state index in [-0.39, 0.29) is 36.5 Å². The fourth-order valence-electron chi connectivity index (χ4n) is 5.93. The maximum absolute atomic E-state index is 14.8. The average Bonchev–Trinajstić information content (AvgIpc) is 3.46. The van der Waals surface area contributed by atoms with Gasteiger partial charge in [-0.2, -0.15) is 17.5 Å². The van der Waals surface area contributed by atoms with E-state index in [0.717, 1.165) is 34.8 Å². The summed E-state index contributed by atoms with van der Waals surface area (Å²) in [7, 11) is -4.03. The molecule has 206 valence electrons. The monoisotopic (exact) mass is 558 g/mol. The van der Waals surface area contributed by atoms with Gasteiger partial charge in [0.1, 0.15) is 11.9 Å². The van der Waals surface area contributed by atoms with Gasteiger partial charge in [-0.3, -0.25) is 9.78 Å². The minimum atomic E-state index is -4.28. The molecule has 3 aliphatic heterocycles. The molecule has 1 aromatic heterocycles. The van der Waals surface area contributed by atoms with Crippen LogP contribution in [0.25, 0.3) is 0 Å². The number of benzene rings is 1. The SMILES string of the molecule is O=C(NCc1cc(N2C3CCC2CC(C(F)(F)F)C3)c(F)cn1)[C@@H]1CCCN1S(=O)(=O)c1ccc(F)cc1. The van der Waals surface area contributed by atoms with Crippen molar-refractivity contribution in [3.8, 4) is 0 Å². The number of nitrogens with one attached hydrogen (secondary N) is 1. The first-order valence-corrected chi connectivity index (χ1v) is 13.9. The number of carbonyl (C=O) groups excluding carboxylic acids is 1. The zero-order valence-corrected chi connectivity index (χ0v) is 21.1. The number of sulfonamides is 1. The first kappa shape index (κ1) is 26.8. The predicted molar refractivity (Wildman–Crippen MR) is 127 cm³/mol. The molecule has 3 saturated heterocycles. The third-order valence-corrected chi connectivity index (χ3v) is 9.66. The zero-order chi connectivity index (χ0) is 27.2. The van der Waals surface area contributed by atoms with Crippen LogP contribution in [0, 0.1) is 17.6 Å². The Labute approximate surface area is 217 Å². The molecule has 4 heterocycles. The molecule has 0 spiro atoms. The first-order valence-electron chi connectivity index (χ1n) is 12.5. The van der Waals surface area contributed by atoms with E-state index in [9.17, 15) is 35.2 Å². The average molecular weight is 559 g/mol. The van der Waals surface area contributed by atoms with Gasteiger partial charge >= 0.3 is 6.18 Å². The number of nitrogens with zero attached hydrogens (tertiary/aromatic N) is 3. The second-order valence-corrected chi connectivity index (χ2v) is 12.0. The van der Waals surface area contributed by atoms with E-state index < -0.39 is 57.8 Å². The molecule has 2 bridgehead atoms. The van der Waals surface area contributed by atoms with E-state index in [1.807, 2.05) is 0 Å². The standard InChI is InChI=1S/C25H27F5N4O3S/c26-16-3-7-20(8-4-16)38(36,37)33-9-1-2-22(33)24(35)32-13-17-12-23(21(27)14-31-17)34-18-5-6-19(34)11-15(10-18)25(28,29)30/h3-4,7-8,12,14-15,18-19,22H,1-2,5-6,9-11,13H2,(H,32,35)/t15?,18?,19?,22-/m0/s1. The van der Waals surface area contributed by atoms with E-state index in [4.69, 9.17) is 0 Å². The van der Waals surface area contributed by atoms with Crippen molar-refractivity contribution < 1.29 is 35.2 Å². The van der Waals surface area contributed by atoms with E-state index in [0.29, 0.717) is 31.4 Å². The van der Waals surface area contributed by atoms with Crippen LogP contribution < -0.4 is 10.2 Å². The van der Waals surface area contributed by atoms with Crippen LogP contribution in [-0.2, 0) is 21.4 Å². The fraction of sp³-hybridized carbons (Fsp3) is 0.520. The Kier molecular flexibility index (Phi) is 7.10. The summed E-state index contributed by atoms with van der Waals surface area (Å²) in [6, 6.07) is 3.98. The maximum atomic E-state index is 14.8. The molecular weight excluding hydrogens is 531 g/mol. The molecule has 1 aromatic carbocycles. The Morgan fingerprint density at radius 1 is 1.05 bits per heavy atom. The molecule has 0 aliphatic carbocycles. The highest BCUT2D eigenvalue weighted by molar-refractivity contribution is 7.89. The molecule has 1 amide bonds. The van der Waals surface area contributed by atoms with Gasteiger partial charge in [-0.25, -0.2) is 17.2 Å². The summed E-state index contributed by atoms with van der Waals surface area (Å²) in [6.45, 7) is 0.0226. The molecule has 7 nitrogen and oxygen atoms in total. The lowest BCUT2D eigenvalue weighted by atomic mass is 9.89. The highest BCUT2D eigenvalue weighted by atomic mass is 32.2. The highest BCUT2D eigenvalue weighted by Crippen LogP contribution is 2.47. The molecule has 5 rings (SSSR count). The maximum Gasteiger partial charge on any atom is 0.391 e. The van der Waals surface area contributed by atoms with Crippen LogP contribution in [0.15, 0.2) is 41.4 Å². The molecule has 2 unspecified atom stereocenters. The van der Waals surface area contributed by atoms with Crippen molar-refractivity contribution in [1.29, 1.82) is 0 Å². The molecule has 38 heavy (non-hydrogen) atoms. The van der Waals surface area contributed by atoms with Gasteiger partial charge in [-0.15, -0.1) is 0 Å². The first-order chi connectivity index (χ1) is 17.9. The molecule has 3 aliphatic rings. The number of amides is 1. The van der Waals surface area contributed by atoms with Crippen LogP contribution >= 0.6 is 0 Å². The molecule has 13 heteroatoms. The molecule has 3 fully saturated rings. The highest BCUT2D eigenvalue weighted by Gasteiger charge is 2.50. The van der Waals surface area contributed by atoms with Crippen LogP contribution in [-0.4, -0.2) is 54.5 Å². The number of aromatic nitrogens is 1. The lowest BCUT2D eigenvalue weighted by molar-refractivity contribution is -0.182. The number of pyridine rings is 1. The fourth-order valence-corrected chi connectivity index (χ4v) is 7.59. The molecule has 1 N–H and O–H groups in total. The van der Waals surface area contributed by atoms with Gasteiger partial charge in [0.05, 0.1) is 34.9 Å².